The van der Waals surface area contributed by atoms with Crippen LogP contribution in [0.1, 0.15) is 49.6 Å². The van der Waals surface area contributed by atoms with Crippen LogP contribution in [0, 0.1) is 6.92 Å². The van der Waals surface area contributed by atoms with E-state index < -0.39 is 6.04 Å². The Kier molecular flexibility index (Phi) is 11.2. The number of benzene rings is 1. The molecule has 11 nitrogen and oxygen atoms in total. The number of pyridine rings is 3. The minimum Gasteiger partial charge on any atom is -0.490 e. The number of Topliss-reactive ketones (excluding diaryl/α,β-unsaturated/α-hetero) is 1. The second-order valence-corrected chi connectivity index (χ2v) is 12.5. The Hall–Kier alpha value is -5.16. The highest BCUT2D eigenvalue weighted by atomic mass is 16.5. The zero-order chi connectivity index (χ0) is 34.0. The van der Waals surface area contributed by atoms with Crippen molar-refractivity contribution in [1.29, 1.82) is 0 Å². The molecule has 0 unspecified atom stereocenters. The molecule has 5 heterocycles. The molecule has 3 N–H and O–H groups in total. The molecule has 1 aliphatic heterocycles. The Morgan fingerprint density at radius 2 is 1.92 bits per heavy atom. The average Bonchev–Trinajstić information content (AvgIpc) is 3.13. The normalized spacial score (nSPS) is 13.1. The lowest BCUT2D eigenvalue weighted by Gasteiger charge is -2.24. The molecule has 1 aliphatic rings. The lowest BCUT2D eigenvalue weighted by molar-refractivity contribution is -0.885. The van der Waals surface area contributed by atoms with Crippen molar-refractivity contribution in [3.05, 3.63) is 96.2 Å². The van der Waals surface area contributed by atoms with Crippen LogP contribution in [0.2, 0.25) is 0 Å². The highest BCUT2D eigenvalue weighted by Gasteiger charge is 2.27. The van der Waals surface area contributed by atoms with Crippen molar-refractivity contribution in [2.24, 2.45) is 0 Å². The van der Waals surface area contributed by atoms with Crippen LogP contribution in [-0.4, -0.2) is 74.7 Å². The van der Waals surface area contributed by atoms with E-state index in [0.717, 1.165) is 72.9 Å². The van der Waals surface area contributed by atoms with Gasteiger partial charge in [0.25, 0.3) is 5.82 Å². The second kappa shape index (κ2) is 16.3. The fourth-order valence-corrected chi connectivity index (χ4v) is 6.22. The Balaban J connectivity index is 1.14. The first-order valence-corrected chi connectivity index (χ1v) is 17.2. The highest BCUT2D eigenvalue weighted by Crippen LogP contribution is 2.24. The number of aromatic nitrogens is 5. The van der Waals surface area contributed by atoms with Crippen molar-refractivity contribution >= 4 is 28.3 Å². The lowest BCUT2D eigenvalue weighted by atomic mass is 10.1. The molecule has 6 rings (SSSR count). The summed E-state index contributed by atoms with van der Waals surface area (Å²) in [6, 6.07) is 18.9. The molecular formula is C38H45N8O3+. The molecule has 5 aromatic rings. The molecular weight excluding hydrogens is 616 g/mol. The van der Waals surface area contributed by atoms with E-state index in [9.17, 15) is 10.0 Å². The van der Waals surface area contributed by atoms with Crippen molar-refractivity contribution < 1.29 is 19.5 Å². The fraction of sp³-hybridized carbons (Fsp3) is 0.368. The number of nitrogens with one attached hydrogen (secondary N) is 2. The maximum absolute atomic E-state index is 13.1. The van der Waals surface area contributed by atoms with Crippen molar-refractivity contribution in [2.75, 3.05) is 43.4 Å². The monoisotopic (exact) mass is 661 g/mol. The van der Waals surface area contributed by atoms with Crippen LogP contribution in [0.5, 0.6) is 5.75 Å². The summed E-state index contributed by atoms with van der Waals surface area (Å²) in [6.07, 6.45) is 10.8. The maximum Gasteiger partial charge on any atom is 0.309 e. The van der Waals surface area contributed by atoms with Gasteiger partial charge >= 0.3 is 5.82 Å². The summed E-state index contributed by atoms with van der Waals surface area (Å²) in [6.45, 7) is 7.23. The van der Waals surface area contributed by atoms with E-state index >= 15 is 0 Å². The quantitative estimate of drug-likeness (QED) is 0.0714. The largest absolute Gasteiger partial charge is 0.490 e. The number of hydrogen-bond donors (Lipinski definition) is 3. The molecule has 0 fully saturated rings. The number of aryl methyl sites for hydroxylation is 3. The predicted octanol–water partition coefficient (Wildman–Crippen LogP) is 5.44. The Morgan fingerprint density at radius 1 is 1.04 bits per heavy atom. The standard InChI is InChI=1S/C38H44N8O3/c1-27-35(15-9-20-40-27)49-25-24-45(22-6-5-12-31-17-16-29-10-8-21-41-36(29)42-31)23-18-33(28(2)47)43-38-32-13-3-4-14-34(32)44-37(46(38)48)30-11-7-19-39-26-30/h3-4,7,9,11,13-17,19-20,26,33,48H,5-6,8,10,12,18,21-25H2,1-2H3,(H,41,42)/p+1/t33-/m0/s1. The van der Waals surface area contributed by atoms with Gasteiger partial charge in [-0.2, -0.15) is 0 Å². The number of ether oxygens (including phenoxy) is 1. The second-order valence-electron chi connectivity index (χ2n) is 12.5. The number of anilines is 2. The number of unbranched alkanes of at least 4 members (excludes halogenated alkanes) is 1. The molecule has 4 aromatic heterocycles. The first-order valence-electron chi connectivity index (χ1n) is 17.2. The fourth-order valence-electron chi connectivity index (χ4n) is 6.22. The molecule has 0 amide bonds. The van der Waals surface area contributed by atoms with Crippen molar-refractivity contribution in [3.8, 4) is 17.1 Å². The smallest absolute Gasteiger partial charge is 0.309 e. The van der Waals surface area contributed by atoms with E-state index in [0.29, 0.717) is 54.2 Å². The van der Waals surface area contributed by atoms with E-state index in [2.05, 4.69) is 37.6 Å². The number of rotatable bonds is 16. The van der Waals surface area contributed by atoms with Crippen LogP contribution < -0.4 is 20.1 Å². The number of ketones is 1. The molecule has 0 saturated heterocycles. The summed E-state index contributed by atoms with van der Waals surface area (Å²) in [4.78, 5) is 33.5. The Labute approximate surface area is 287 Å². The van der Waals surface area contributed by atoms with Gasteiger partial charge in [-0.25, -0.2) is 4.98 Å². The SMILES string of the molecule is CC(=O)[C@H](CCN(CCCCc1ccc2c(n1)NCCC2)CCOc1cccnc1C)Nc1c2ccccc2nc(-c2cccnc2)[n+]1O. The maximum atomic E-state index is 13.1. The first-order chi connectivity index (χ1) is 24.0. The van der Waals surface area contributed by atoms with Gasteiger partial charge in [-0.15, -0.1) is 0 Å². The third-order valence-corrected chi connectivity index (χ3v) is 8.99. The van der Waals surface area contributed by atoms with Crippen LogP contribution in [0.4, 0.5) is 11.6 Å². The summed E-state index contributed by atoms with van der Waals surface area (Å²) >= 11 is 0. The number of fused-ring (bicyclic) bond motifs is 2. The van der Waals surface area contributed by atoms with Crippen molar-refractivity contribution in [1.82, 2.24) is 24.8 Å². The molecule has 0 bridgehead atoms. The van der Waals surface area contributed by atoms with Gasteiger partial charge in [-0.1, -0.05) is 27.9 Å². The van der Waals surface area contributed by atoms with E-state index in [1.54, 1.807) is 31.6 Å². The molecule has 11 heteroatoms. The molecule has 0 spiro atoms. The molecule has 49 heavy (non-hydrogen) atoms. The summed E-state index contributed by atoms with van der Waals surface area (Å²) in [5, 5.41) is 18.9. The molecule has 1 aromatic carbocycles. The van der Waals surface area contributed by atoms with E-state index in [4.69, 9.17) is 14.7 Å². The van der Waals surface area contributed by atoms with Crippen LogP contribution in [-0.2, 0) is 17.6 Å². The number of nitrogens with zero attached hydrogens (tertiary/aromatic N) is 6. The number of carbonyl (C=O) groups excluding carboxylic acids is 1. The van der Waals surface area contributed by atoms with Gasteiger partial charge < -0.3 is 15.3 Å². The first kappa shape index (κ1) is 33.7. The number of hydrogen-bond acceptors (Lipinski definition) is 10. The van der Waals surface area contributed by atoms with Crippen molar-refractivity contribution in [3.63, 3.8) is 0 Å². The van der Waals surface area contributed by atoms with E-state index in [1.807, 2.05) is 49.4 Å². The summed E-state index contributed by atoms with van der Waals surface area (Å²) < 4.78 is 7.14. The van der Waals surface area contributed by atoms with Gasteiger partial charge in [-0.3, -0.25) is 25.0 Å². The van der Waals surface area contributed by atoms with E-state index in [-0.39, 0.29) is 5.78 Å². The van der Waals surface area contributed by atoms with Gasteiger partial charge in [0, 0.05) is 50.3 Å². The third kappa shape index (κ3) is 8.66. The van der Waals surface area contributed by atoms with Gasteiger partial charge in [0.1, 0.15) is 24.2 Å². The Morgan fingerprint density at radius 3 is 2.76 bits per heavy atom. The minimum atomic E-state index is -0.540. The van der Waals surface area contributed by atoms with Gasteiger partial charge in [0.05, 0.1) is 16.6 Å². The highest BCUT2D eigenvalue weighted by molar-refractivity contribution is 5.91. The van der Waals surface area contributed by atoms with Gasteiger partial charge in [0.2, 0.25) is 0 Å². The zero-order valence-electron chi connectivity index (χ0n) is 28.3. The zero-order valence-corrected chi connectivity index (χ0v) is 28.3. The molecule has 0 aliphatic carbocycles. The summed E-state index contributed by atoms with van der Waals surface area (Å²) in [5.41, 5.74) is 4.64. The summed E-state index contributed by atoms with van der Waals surface area (Å²) in [5.74, 6) is 2.55. The van der Waals surface area contributed by atoms with Gasteiger partial charge in [-0.05, 0) is 101 Å². The van der Waals surface area contributed by atoms with Crippen LogP contribution >= 0.6 is 0 Å². The van der Waals surface area contributed by atoms with Gasteiger partial charge in [0.15, 0.2) is 11.3 Å². The number of para-hydroxylation sites is 1. The topological polar surface area (TPSA) is 129 Å². The lowest BCUT2D eigenvalue weighted by Crippen LogP contribution is -2.43. The number of carbonyl (C=O) groups is 1. The molecule has 254 valence electrons. The Bertz CT molecular complexity index is 1870. The van der Waals surface area contributed by atoms with E-state index in [1.165, 1.54) is 5.56 Å². The van der Waals surface area contributed by atoms with Crippen LogP contribution in [0.25, 0.3) is 22.3 Å². The molecule has 1 atom stereocenters. The third-order valence-electron chi connectivity index (χ3n) is 8.99. The molecule has 0 radical (unpaired) electrons. The minimum absolute atomic E-state index is 0.0156. The average molecular weight is 662 g/mol. The molecule has 0 saturated carbocycles. The van der Waals surface area contributed by atoms with Crippen LogP contribution in [0.3, 0.4) is 0 Å². The summed E-state index contributed by atoms with van der Waals surface area (Å²) in [7, 11) is 0. The van der Waals surface area contributed by atoms with Crippen LogP contribution in [0.15, 0.2) is 79.3 Å². The van der Waals surface area contributed by atoms with Crippen molar-refractivity contribution in [2.45, 2.75) is 58.4 Å². The predicted molar refractivity (Wildman–Crippen MR) is 190 cm³/mol.